The van der Waals surface area contributed by atoms with Gasteiger partial charge >= 0.3 is 0 Å². The molecule has 0 radical (unpaired) electrons. The van der Waals surface area contributed by atoms with E-state index in [2.05, 4.69) is 16.3 Å². The molecule has 4 heterocycles. The van der Waals surface area contributed by atoms with Crippen molar-refractivity contribution < 1.29 is 14.2 Å². The van der Waals surface area contributed by atoms with Gasteiger partial charge in [0.15, 0.2) is 0 Å². The van der Waals surface area contributed by atoms with Crippen LogP contribution in [0.15, 0.2) is 6.07 Å². The molecule has 31 heavy (non-hydrogen) atoms. The van der Waals surface area contributed by atoms with Gasteiger partial charge in [0.25, 0.3) is 0 Å². The zero-order chi connectivity index (χ0) is 21.0. The monoisotopic (exact) mass is 426 g/mol. The molecule has 2 aromatic rings. The van der Waals surface area contributed by atoms with E-state index in [1.807, 2.05) is 0 Å². The molecule has 7 heteroatoms. The molecule has 0 spiro atoms. The van der Waals surface area contributed by atoms with Crippen molar-refractivity contribution in [1.29, 1.82) is 0 Å². The summed E-state index contributed by atoms with van der Waals surface area (Å²) in [7, 11) is 1.69. The lowest BCUT2D eigenvalue weighted by molar-refractivity contribution is 0.0904. The van der Waals surface area contributed by atoms with E-state index in [4.69, 9.17) is 24.2 Å². The summed E-state index contributed by atoms with van der Waals surface area (Å²) in [6, 6.07) is 2.54. The summed E-state index contributed by atoms with van der Waals surface area (Å²) in [5.41, 5.74) is 6.54. The van der Waals surface area contributed by atoms with Crippen LogP contribution in [0.25, 0.3) is 11.0 Å². The van der Waals surface area contributed by atoms with Crippen LogP contribution in [0.1, 0.15) is 48.9 Å². The fourth-order valence-electron chi connectivity index (χ4n) is 5.07. The molecule has 0 unspecified atom stereocenters. The van der Waals surface area contributed by atoms with Gasteiger partial charge in [-0.15, -0.1) is 0 Å². The highest BCUT2D eigenvalue weighted by atomic mass is 16.5. The maximum absolute atomic E-state index is 6.00. The maximum Gasteiger partial charge on any atom is 0.219 e. The number of hydrogen-bond donors (Lipinski definition) is 1. The van der Waals surface area contributed by atoms with Gasteiger partial charge in [0.05, 0.1) is 31.5 Å². The standard InChI is InChI=1S/C24H34N4O3/c1-29-24-17(16-31-14-11-28-9-2-3-10-28)15-21-23(27-24)22(19-5-4-6-20(19)26-21)25-18-7-12-30-13-8-18/h15,18H,2-14,16H2,1H3,(H,25,26). The molecule has 5 rings (SSSR count). The van der Waals surface area contributed by atoms with Gasteiger partial charge in [-0.3, -0.25) is 4.98 Å². The quantitative estimate of drug-likeness (QED) is 0.650. The highest BCUT2D eigenvalue weighted by Gasteiger charge is 2.24. The Morgan fingerprint density at radius 3 is 2.77 bits per heavy atom. The van der Waals surface area contributed by atoms with E-state index in [-0.39, 0.29) is 0 Å². The first-order valence-corrected chi connectivity index (χ1v) is 11.9. The number of nitrogens with one attached hydrogen (secondary N) is 1. The van der Waals surface area contributed by atoms with Crippen molar-refractivity contribution in [2.24, 2.45) is 0 Å². The first-order valence-electron chi connectivity index (χ1n) is 11.9. The van der Waals surface area contributed by atoms with Crippen molar-refractivity contribution >= 4 is 16.7 Å². The second kappa shape index (κ2) is 9.67. The van der Waals surface area contributed by atoms with Crippen LogP contribution in [-0.2, 0) is 28.9 Å². The first kappa shape index (κ1) is 20.9. The third-order valence-electron chi connectivity index (χ3n) is 6.80. The number of hydrogen-bond acceptors (Lipinski definition) is 7. The summed E-state index contributed by atoms with van der Waals surface area (Å²) in [5.74, 6) is 0.642. The Labute approximate surface area is 184 Å². The van der Waals surface area contributed by atoms with Crippen LogP contribution >= 0.6 is 0 Å². The van der Waals surface area contributed by atoms with Gasteiger partial charge in [-0.25, -0.2) is 4.98 Å². The van der Waals surface area contributed by atoms with Gasteiger partial charge in [-0.2, -0.15) is 0 Å². The van der Waals surface area contributed by atoms with E-state index < -0.39 is 0 Å². The van der Waals surface area contributed by atoms with Crippen LogP contribution in [0.3, 0.4) is 0 Å². The number of likely N-dealkylation sites (tertiary alicyclic amines) is 1. The van der Waals surface area contributed by atoms with Crippen molar-refractivity contribution in [2.75, 3.05) is 51.9 Å². The minimum atomic E-state index is 0.422. The fraction of sp³-hybridized carbons (Fsp3) is 0.667. The molecule has 0 bridgehead atoms. The number of anilines is 1. The average molecular weight is 427 g/mol. The maximum atomic E-state index is 6.00. The van der Waals surface area contributed by atoms with Gasteiger partial charge in [0, 0.05) is 37.1 Å². The summed E-state index contributed by atoms with van der Waals surface area (Å²) in [6.07, 6.45) is 7.93. The van der Waals surface area contributed by atoms with Gasteiger partial charge in [0.1, 0.15) is 5.52 Å². The third kappa shape index (κ3) is 4.64. The summed E-state index contributed by atoms with van der Waals surface area (Å²) in [5, 5.41) is 3.80. The van der Waals surface area contributed by atoms with Crippen LogP contribution in [0.4, 0.5) is 5.69 Å². The molecule has 2 saturated heterocycles. The zero-order valence-corrected chi connectivity index (χ0v) is 18.6. The van der Waals surface area contributed by atoms with E-state index in [0.717, 1.165) is 80.8 Å². The Morgan fingerprint density at radius 2 is 1.97 bits per heavy atom. The number of fused-ring (bicyclic) bond motifs is 2. The molecule has 2 aliphatic heterocycles. The number of ether oxygens (including phenoxy) is 3. The lowest BCUT2D eigenvalue weighted by Crippen LogP contribution is -2.28. The molecule has 0 aromatic carbocycles. The van der Waals surface area contributed by atoms with Crippen molar-refractivity contribution in [3.05, 3.63) is 22.9 Å². The van der Waals surface area contributed by atoms with Crippen LogP contribution in [0.2, 0.25) is 0 Å². The number of rotatable bonds is 8. The lowest BCUT2D eigenvalue weighted by Gasteiger charge is -2.26. The van der Waals surface area contributed by atoms with Crippen LogP contribution in [-0.4, -0.2) is 67.5 Å². The molecule has 7 nitrogen and oxygen atoms in total. The molecule has 0 saturated carbocycles. The van der Waals surface area contributed by atoms with Crippen LogP contribution in [0.5, 0.6) is 5.88 Å². The van der Waals surface area contributed by atoms with E-state index >= 15 is 0 Å². The largest absolute Gasteiger partial charge is 0.481 e. The van der Waals surface area contributed by atoms with Crippen molar-refractivity contribution in [3.63, 3.8) is 0 Å². The van der Waals surface area contributed by atoms with Gasteiger partial charge in [0.2, 0.25) is 5.88 Å². The van der Waals surface area contributed by atoms with E-state index in [0.29, 0.717) is 18.5 Å². The third-order valence-corrected chi connectivity index (χ3v) is 6.80. The Kier molecular flexibility index (Phi) is 6.53. The average Bonchev–Trinajstić information content (AvgIpc) is 3.49. The minimum absolute atomic E-state index is 0.422. The summed E-state index contributed by atoms with van der Waals surface area (Å²) in [6.45, 7) is 6.26. The highest BCUT2D eigenvalue weighted by molar-refractivity contribution is 5.91. The van der Waals surface area contributed by atoms with Crippen molar-refractivity contribution in [3.8, 4) is 5.88 Å². The molecule has 0 amide bonds. The van der Waals surface area contributed by atoms with Crippen LogP contribution < -0.4 is 10.1 Å². The number of aromatic nitrogens is 2. The predicted octanol–water partition coefficient (Wildman–Crippen LogP) is 3.33. The van der Waals surface area contributed by atoms with Crippen molar-refractivity contribution in [2.45, 2.75) is 57.6 Å². The summed E-state index contributed by atoms with van der Waals surface area (Å²) >= 11 is 0. The highest BCUT2D eigenvalue weighted by Crippen LogP contribution is 2.36. The number of aryl methyl sites for hydroxylation is 1. The summed E-state index contributed by atoms with van der Waals surface area (Å²) in [4.78, 5) is 12.4. The number of methoxy groups -OCH3 is 1. The van der Waals surface area contributed by atoms with E-state index in [9.17, 15) is 0 Å². The minimum Gasteiger partial charge on any atom is -0.481 e. The number of nitrogens with zero attached hydrogens (tertiary/aromatic N) is 3. The molecule has 1 N–H and O–H groups in total. The predicted molar refractivity (Wildman–Crippen MR) is 121 cm³/mol. The fourth-order valence-corrected chi connectivity index (χ4v) is 5.07. The SMILES string of the molecule is COc1nc2c(NC3CCOCC3)c3c(nc2cc1COCCN1CCCC1)CCC3. The summed E-state index contributed by atoms with van der Waals surface area (Å²) < 4.78 is 17.2. The Morgan fingerprint density at radius 1 is 1.13 bits per heavy atom. The Hall–Kier alpha value is -1.96. The van der Waals surface area contributed by atoms with Crippen molar-refractivity contribution in [1.82, 2.24) is 14.9 Å². The van der Waals surface area contributed by atoms with Crippen LogP contribution in [0, 0.1) is 0 Å². The second-order valence-electron chi connectivity index (χ2n) is 8.92. The first-order chi connectivity index (χ1) is 15.3. The Bertz CT molecular complexity index is 908. The lowest BCUT2D eigenvalue weighted by atomic mass is 10.1. The molecule has 2 aromatic heterocycles. The van der Waals surface area contributed by atoms with Gasteiger partial charge in [-0.05, 0) is 69.7 Å². The smallest absolute Gasteiger partial charge is 0.219 e. The van der Waals surface area contributed by atoms with E-state index in [1.165, 1.54) is 37.2 Å². The van der Waals surface area contributed by atoms with Gasteiger partial charge in [-0.1, -0.05) is 0 Å². The molecular formula is C24H34N4O3. The topological polar surface area (TPSA) is 68.7 Å². The number of pyridine rings is 2. The van der Waals surface area contributed by atoms with Gasteiger partial charge < -0.3 is 24.4 Å². The Balaban J connectivity index is 1.39. The molecule has 1 aliphatic carbocycles. The molecule has 168 valence electrons. The molecule has 0 atom stereocenters. The normalized spacial score (nSPS) is 19.8. The second-order valence-corrected chi connectivity index (χ2v) is 8.92. The zero-order valence-electron chi connectivity index (χ0n) is 18.6. The van der Waals surface area contributed by atoms with E-state index in [1.54, 1.807) is 7.11 Å². The molecule has 3 aliphatic rings. The molecular weight excluding hydrogens is 392 g/mol. The molecule has 2 fully saturated rings.